The van der Waals surface area contributed by atoms with Crippen molar-refractivity contribution in [3.8, 4) is 5.75 Å². The summed E-state index contributed by atoms with van der Waals surface area (Å²) in [5.41, 5.74) is 2.90. The molecule has 0 aliphatic heterocycles. The lowest BCUT2D eigenvalue weighted by Crippen LogP contribution is -2.30. The van der Waals surface area contributed by atoms with E-state index in [9.17, 15) is 4.79 Å². The molecule has 0 aromatic heterocycles. The topological polar surface area (TPSA) is 38.3 Å². The van der Waals surface area contributed by atoms with E-state index in [0.717, 1.165) is 20.4 Å². The average molecular weight is 464 g/mol. The van der Waals surface area contributed by atoms with Gasteiger partial charge in [0.05, 0.1) is 5.02 Å². The molecule has 1 amide bonds. The van der Waals surface area contributed by atoms with Crippen LogP contribution < -0.4 is 10.1 Å². The Morgan fingerprint density at radius 2 is 1.87 bits per heavy atom. The number of carbonyl (C=O) groups is 1. The second-order valence-corrected chi connectivity index (χ2v) is 7.25. The van der Waals surface area contributed by atoms with Gasteiger partial charge in [-0.25, -0.2) is 0 Å². The lowest BCUT2D eigenvalue weighted by molar-refractivity contribution is -0.122. The Morgan fingerprint density at radius 1 is 1.17 bits per heavy atom. The van der Waals surface area contributed by atoms with Gasteiger partial charge in [-0.05, 0) is 84.8 Å². The van der Waals surface area contributed by atoms with Gasteiger partial charge >= 0.3 is 0 Å². The number of nitrogens with one attached hydrogen (secondary N) is 1. The summed E-state index contributed by atoms with van der Waals surface area (Å²) < 4.78 is 6.79. The van der Waals surface area contributed by atoms with E-state index in [0.29, 0.717) is 15.8 Å². The first-order chi connectivity index (χ1) is 10.8. The molecule has 2 aromatic rings. The number of ether oxygens (including phenoxy) is 1. The lowest BCUT2D eigenvalue weighted by Gasteiger charge is -2.17. The van der Waals surface area contributed by atoms with E-state index in [1.807, 2.05) is 26.0 Å². The maximum atomic E-state index is 12.3. The van der Waals surface area contributed by atoms with E-state index in [-0.39, 0.29) is 5.91 Å². The van der Waals surface area contributed by atoms with E-state index >= 15 is 0 Å². The third-order valence-electron chi connectivity index (χ3n) is 3.33. The van der Waals surface area contributed by atoms with E-state index in [1.54, 1.807) is 25.1 Å². The van der Waals surface area contributed by atoms with Crippen LogP contribution in [-0.2, 0) is 4.79 Å². The molecule has 23 heavy (non-hydrogen) atoms. The lowest BCUT2D eigenvalue weighted by atomic mass is 10.1. The minimum Gasteiger partial charge on any atom is -0.479 e. The predicted octanol–water partition coefficient (Wildman–Crippen LogP) is 5.62. The number of hydrogen-bond donors (Lipinski definition) is 1. The highest BCUT2D eigenvalue weighted by Gasteiger charge is 2.17. The van der Waals surface area contributed by atoms with Crippen molar-refractivity contribution in [1.82, 2.24) is 0 Å². The zero-order valence-electron chi connectivity index (χ0n) is 12.9. The molecule has 3 nitrogen and oxygen atoms in total. The van der Waals surface area contributed by atoms with Crippen LogP contribution in [0.1, 0.15) is 18.1 Å². The van der Waals surface area contributed by atoms with Crippen molar-refractivity contribution >= 4 is 57.4 Å². The first-order valence-corrected chi connectivity index (χ1v) is 8.80. The summed E-state index contributed by atoms with van der Waals surface area (Å²) in [6.45, 7) is 5.64. The first-order valence-electron chi connectivity index (χ1n) is 6.97. The van der Waals surface area contributed by atoms with E-state index in [4.69, 9.17) is 27.9 Å². The van der Waals surface area contributed by atoms with Gasteiger partial charge in [-0.2, -0.15) is 0 Å². The smallest absolute Gasteiger partial charge is 0.265 e. The van der Waals surface area contributed by atoms with Crippen LogP contribution in [0.3, 0.4) is 0 Å². The van der Waals surface area contributed by atoms with E-state index < -0.39 is 6.10 Å². The summed E-state index contributed by atoms with van der Waals surface area (Å²) in [6.07, 6.45) is -0.687. The number of anilines is 1. The predicted molar refractivity (Wildman–Crippen MR) is 104 cm³/mol. The van der Waals surface area contributed by atoms with Gasteiger partial charge in [-0.3, -0.25) is 4.79 Å². The van der Waals surface area contributed by atoms with Crippen LogP contribution in [0.25, 0.3) is 0 Å². The standard InChI is InChI=1S/C17H16Cl2INO2/c1-9-7-15(10(2)6-14(9)20)21-17(22)11(3)23-16-5-4-12(18)8-13(16)19/h4-8,11H,1-3H3,(H,21,22). The van der Waals surface area contributed by atoms with Gasteiger partial charge in [0.2, 0.25) is 0 Å². The average Bonchev–Trinajstić information content (AvgIpc) is 2.47. The molecule has 0 bridgehead atoms. The molecular formula is C17H16Cl2INO2. The number of amides is 1. The maximum absolute atomic E-state index is 12.3. The quantitative estimate of drug-likeness (QED) is 0.597. The van der Waals surface area contributed by atoms with Crippen LogP contribution in [0, 0.1) is 17.4 Å². The summed E-state index contributed by atoms with van der Waals surface area (Å²) in [4.78, 5) is 12.3. The van der Waals surface area contributed by atoms with Crippen molar-refractivity contribution in [2.45, 2.75) is 26.9 Å². The van der Waals surface area contributed by atoms with Gasteiger partial charge < -0.3 is 10.1 Å². The number of halogens is 3. The minimum atomic E-state index is -0.687. The molecule has 2 rings (SSSR count). The molecule has 0 saturated carbocycles. The van der Waals surface area contributed by atoms with Crippen molar-refractivity contribution in [1.29, 1.82) is 0 Å². The van der Waals surface area contributed by atoms with Crippen molar-refractivity contribution in [3.63, 3.8) is 0 Å². The van der Waals surface area contributed by atoms with Crippen LogP contribution in [0.4, 0.5) is 5.69 Å². The molecular weight excluding hydrogens is 448 g/mol. The molecule has 2 aromatic carbocycles. The molecule has 1 N–H and O–H groups in total. The fourth-order valence-corrected chi connectivity index (χ4v) is 3.04. The fourth-order valence-electron chi connectivity index (χ4n) is 1.96. The molecule has 0 aliphatic carbocycles. The molecule has 0 spiro atoms. The second-order valence-electron chi connectivity index (χ2n) is 5.24. The normalized spacial score (nSPS) is 11.9. The van der Waals surface area contributed by atoms with Gasteiger partial charge in [0, 0.05) is 14.3 Å². The number of benzene rings is 2. The SMILES string of the molecule is Cc1cc(NC(=O)C(C)Oc2ccc(Cl)cc2Cl)c(C)cc1I. The first kappa shape index (κ1) is 18.4. The van der Waals surface area contributed by atoms with Crippen molar-refractivity contribution in [2.75, 3.05) is 5.32 Å². The van der Waals surface area contributed by atoms with E-state index in [1.165, 1.54) is 0 Å². The van der Waals surface area contributed by atoms with Crippen LogP contribution >= 0.6 is 45.8 Å². The second kappa shape index (κ2) is 7.73. The molecule has 1 atom stereocenters. The van der Waals surface area contributed by atoms with Crippen LogP contribution in [0.15, 0.2) is 30.3 Å². The number of rotatable bonds is 4. The zero-order chi connectivity index (χ0) is 17.1. The van der Waals surface area contributed by atoms with Crippen molar-refractivity contribution in [2.24, 2.45) is 0 Å². The Hall–Kier alpha value is -0.980. The Bertz CT molecular complexity index is 750. The maximum Gasteiger partial charge on any atom is 0.265 e. The Kier molecular flexibility index (Phi) is 6.17. The summed E-state index contributed by atoms with van der Waals surface area (Å²) in [6, 6.07) is 8.88. The highest BCUT2D eigenvalue weighted by Crippen LogP contribution is 2.28. The van der Waals surface area contributed by atoms with Gasteiger partial charge in [0.1, 0.15) is 5.75 Å². The molecule has 0 fully saturated rings. The molecule has 1 unspecified atom stereocenters. The molecule has 0 aliphatic rings. The minimum absolute atomic E-state index is 0.236. The summed E-state index contributed by atoms with van der Waals surface area (Å²) in [7, 11) is 0. The molecule has 6 heteroatoms. The monoisotopic (exact) mass is 463 g/mol. The molecule has 0 saturated heterocycles. The Labute approximate surface area is 159 Å². The van der Waals surface area contributed by atoms with Gasteiger partial charge in [-0.1, -0.05) is 23.2 Å². The number of aryl methyl sites for hydroxylation is 2. The largest absolute Gasteiger partial charge is 0.479 e. The molecule has 0 heterocycles. The van der Waals surface area contributed by atoms with Crippen molar-refractivity contribution < 1.29 is 9.53 Å². The highest BCUT2D eigenvalue weighted by molar-refractivity contribution is 14.1. The third kappa shape index (κ3) is 4.75. The molecule has 0 radical (unpaired) electrons. The number of carbonyl (C=O) groups excluding carboxylic acids is 1. The third-order valence-corrected chi connectivity index (χ3v) is 5.02. The van der Waals surface area contributed by atoms with Crippen LogP contribution in [0.2, 0.25) is 10.0 Å². The Balaban J connectivity index is 2.10. The summed E-state index contributed by atoms with van der Waals surface area (Å²) in [5.74, 6) is 0.189. The number of hydrogen-bond acceptors (Lipinski definition) is 2. The summed E-state index contributed by atoms with van der Waals surface area (Å²) >= 11 is 14.2. The molecule has 122 valence electrons. The van der Waals surface area contributed by atoms with Gasteiger partial charge in [0.25, 0.3) is 5.91 Å². The van der Waals surface area contributed by atoms with Crippen LogP contribution in [-0.4, -0.2) is 12.0 Å². The van der Waals surface area contributed by atoms with Crippen molar-refractivity contribution in [3.05, 3.63) is 55.1 Å². The summed E-state index contributed by atoms with van der Waals surface area (Å²) in [5, 5.41) is 3.78. The Morgan fingerprint density at radius 3 is 2.52 bits per heavy atom. The van der Waals surface area contributed by atoms with Gasteiger partial charge in [0.15, 0.2) is 6.10 Å². The fraction of sp³-hybridized carbons (Fsp3) is 0.235. The van der Waals surface area contributed by atoms with Gasteiger partial charge in [-0.15, -0.1) is 0 Å². The van der Waals surface area contributed by atoms with E-state index in [2.05, 4.69) is 27.9 Å². The van der Waals surface area contributed by atoms with Crippen LogP contribution in [0.5, 0.6) is 5.75 Å². The highest BCUT2D eigenvalue weighted by atomic mass is 127. The zero-order valence-corrected chi connectivity index (χ0v) is 16.6.